The second kappa shape index (κ2) is 11.2. The van der Waals surface area contributed by atoms with E-state index in [9.17, 15) is 13.6 Å². The molecule has 0 bridgehead atoms. The second-order valence-electron chi connectivity index (χ2n) is 7.03. The van der Waals surface area contributed by atoms with Crippen LogP contribution in [-0.2, 0) is 9.53 Å². The molecular weight excluding hydrogens is 400 g/mol. The number of pyridine rings is 1. The fourth-order valence-electron chi connectivity index (χ4n) is 3.15. The second-order valence-corrected chi connectivity index (χ2v) is 7.03. The molecule has 3 aromatic rings. The van der Waals surface area contributed by atoms with E-state index in [-0.39, 0.29) is 17.6 Å². The predicted molar refractivity (Wildman–Crippen MR) is 116 cm³/mol. The molecule has 0 saturated carbocycles. The Hall–Kier alpha value is -3.28. The lowest BCUT2D eigenvalue weighted by molar-refractivity contribution is -0.143. The van der Waals surface area contributed by atoms with Crippen molar-refractivity contribution in [2.24, 2.45) is 0 Å². The molecule has 2 aromatic carbocycles. The highest BCUT2D eigenvalue weighted by atomic mass is 19.1. The fraction of sp³-hybridized carbons (Fsp3) is 0.280. The fourth-order valence-corrected chi connectivity index (χ4v) is 3.15. The van der Waals surface area contributed by atoms with E-state index in [1.165, 1.54) is 18.2 Å². The number of carbonyl (C=O) groups excluding carboxylic acids is 1. The van der Waals surface area contributed by atoms with Gasteiger partial charge in [-0.25, -0.2) is 13.8 Å². The highest BCUT2D eigenvalue weighted by molar-refractivity contribution is 5.72. The highest BCUT2D eigenvalue weighted by Crippen LogP contribution is 2.30. The summed E-state index contributed by atoms with van der Waals surface area (Å²) in [7, 11) is 0. The number of aromatic nitrogens is 1. The number of unbranched alkanes of at least 4 members (excludes halogenated alkanes) is 2. The Labute approximate surface area is 180 Å². The smallest absolute Gasteiger partial charge is 0.305 e. The maximum atomic E-state index is 14.3. The summed E-state index contributed by atoms with van der Waals surface area (Å²) in [5.74, 6) is -0.528. The van der Waals surface area contributed by atoms with E-state index in [2.05, 4.69) is 4.98 Å². The largest absolute Gasteiger partial charge is 0.478 e. The van der Waals surface area contributed by atoms with Crippen LogP contribution in [0.25, 0.3) is 22.4 Å². The topological polar surface area (TPSA) is 48.4 Å². The minimum Gasteiger partial charge on any atom is -0.478 e. The first-order chi connectivity index (χ1) is 15.1. The lowest BCUT2D eigenvalue weighted by atomic mass is 10.0. The molecular formula is C25H25F2NO3. The van der Waals surface area contributed by atoms with Crippen molar-refractivity contribution in [1.29, 1.82) is 0 Å². The van der Waals surface area contributed by atoms with Gasteiger partial charge in [0.15, 0.2) is 0 Å². The summed E-state index contributed by atoms with van der Waals surface area (Å²) < 4.78 is 38.4. The molecule has 1 heterocycles. The molecule has 0 aliphatic heterocycles. The summed E-state index contributed by atoms with van der Waals surface area (Å²) in [6, 6.07) is 16.0. The molecule has 0 aliphatic rings. The molecule has 0 N–H and O–H groups in total. The molecule has 0 amide bonds. The third-order valence-electron chi connectivity index (χ3n) is 4.71. The lowest BCUT2D eigenvalue weighted by Gasteiger charge is -2.11. The quantitative estimate of drug-likeness (QED) is 0.287. The van der Waals surface area contributed by atoms with Crippen molar-refractivity contribution in [3.63, 3.8) is 0 Å². The third kappa shape index (κ3) is 6.60. The van der Waals surface area contributed by atoms with Crippen LogP contribution in [0.5, 0.6) is 5.88 Å². The Balaban J connectivity index is 1.72. The van der Waals surface area contributed by atoms with Gasteiger partial charge < -0.3 is 9.47 Å². The normalized spacial score (nSPS) is 10.7. The van der Waals surface area contributed by atoms with E-state index in [0.717, 1.165) is 30.4 Å². The third-order valence-corrected chi connectivity index (χ3v) is 4.71. The minimum absolute atomic E-state index is 0.188. The van der Waals surface area contributed by atoms with Crippen LogP contribution < -0.4 is 4.74 Å². The average Bonchev–Trinajstić information content (AvgIpc) is 2.77. The van der Waals surface area contributed by atoms with Gasteiger partial charge in [-0.05, 0) is 67.6 Å². The summed E-state index contributed by atoms with van der Waals surface area (Å²) in [5, 5.41) is 0. The lowest BCUT2D eigenvalue weighted by Crippen LogP contribution is -2.04. The monoisotopic (exact) mass is 425 g/mol. The number of hydrogen-bond acceptors (Lipinski definition) is 4. The zero-order valence-corrected chi connectivity index (χ0v) is 17.4. The first-order valence-corrected chi connectivity index (χ1v) is 10.4. The molecule has 1 aromatic heterocycles. The maximum absolute atomic E-state index is 14.3. The SMILES string of the molecule is CCOC(=O)CCCCCOc1cc(-c2ccc(F)cc2)cc(-c2ccccc2F)n1. The summed E-state index contributed by atoms with van der Waals surface area (Å²) in [5.41, 5.74) is 2.34. The molecule has 0 atom stereocenters. The zero-order chi connectivity index (χ0) is 22.1. The Morgan fingerprint density at radius 1 is 0.935 bits per heavy atom. The highest BCUT2D eigenvalue weighted by Gasteiger charge is 2.11. The molecule has 6 heteroatoms. The van der Waals surface area contributed by atoms with Gasteiger partial charge in [0, 0.05) is 18.1 Å². The van der Waals surface area contributed by atoms with Crippen molar-refractivity contribution in [3.05, 3.63) is 72.3 Å². The number of benzene rings is 2. The van der Waals surface area contributed by atoms with Crippen LogP contribution in [-0.4, -0.2) is 24.2 Å². The zero-order valence-electron chi connectivity index (χ0n) is 17.4. The molecule has 0 saturated heterocycles. The molecule has 4 nitrogen and oxygen atoms in total. The summed E-state index contributed by atoms with van der Waals surface area (Å²) in [6.07, 6.45) is 2.68. The van der Waals surface area contributed by atoms with E-state index >= 15 is 0 Å². The van der Waals surface area contributed by atoms with Crippen molar-refractivity contribution in [1.82, 2.24) is 4.98 Å². The van der Waals surface area contributed by atoms with Crippen LogP contribution in [0, 0.1) is 11.6 Å². The van der Waals surface area contributed by atoms with E-state index in [1.807, 2.05) is 0 Å². The maximum Gasteiger partial charge on any atom is 0.305 e. The Bertz CT molecular complexity index is 1010. The van der Waals surface area contributed by atoms with Gasteiger partial charge in [0.2, 0.25) is 5.88 Å². The number of nitrogens with zero attached hydrogens (tertiary/aromatic N) is 1. The Morgan fingerprint density at radius 2 is 1.71 bits per heavy atom. The van der Waals surface area contributed by atoms with Crippen molar-refractivity contribution in [3.8, 4) is 28.3 Å². The van der Waals surface area contributed by atoms with Crippen molar-refractivity contribution >= 4 is 5.97 Å². The predicted octanol–water partition coefficient (Wildman–Crippen LogP) is 6.20. The molecule has 31 heavy (non-hydrogen) atoms. The van der Waals surface area contributed by atoms with Gasteiger partial charge in [0.1, 0.15) is 11.6 Å². The molecule has 162 valence electrons. The minimum atomic E-state index is -0.379. The molecule has 0 unspecified atom stereocenters. The van der Waals surface area contributed by atoms with Gasteiger partial charge in [-0.1, -0.05) is 24.3 Å². The molecule has 0 aliphatic carbocycles. The van der Waals surface area contributed by atoms with Gasteiger partial charge in [0.05, 0.1) is 18.9 Å². The molecule has 0 spiro atoms. The van der Waals surface area contributed by atoms with E-state index in [0.29, 0.717) is 36.8 Å². The van der Waals surface area contributed by atoms with E-state index in [1.54, 1.807) is 49.4 Å². The molecule has 3 rings (SSSR count). The summed E-state index contributed by atoms with van der Waals surface area (Å²) >= 11 is 0. The number of halogens is 2. The van der Waals surface area contributed by atoms with Gasteiger partial charge in [-0.15, -0.1) is 0 Å². The standard InChI is InChI=1S/C25H25F2NO3/c1-2-30-25(29)10-4-3-7-15-31-24-17-19(18-11-13-20(26)14-12-18)16-23(28-24)21-8-5-6-9-22(21)27/h5-6,8-9,11-14,16-17H,2-4,7,10,15H2,1H3. The van der Waals surface area contributed by atoms with Gasteiger partial charge >= 0.3 is 5.97 Å². The van der Waals surface area contributed by atoms with Crippen LogP contribution in [0.15, 0.2) is 60.7 Å². The number of rotatable bonds is 10. The van der Waals surface area contributed by atoms with Crippen LogP contribution in [0.4, 0.5) is 8.78 Å². The number of ether oxygens (including phenoxy) is 2. The van der Waals surface area contributed by atoms with Gasteiger partial charge in [-0.3, -0.25) is 4.79 Å². The van der Waals surface area contributed by atoms with Crippen LogP contribution in [0.1, 0.15) is 32.6 Å². The van der Waals surface area contributed by atoms with Crippen molar-refractivity contribution in [2.45, 2.75) is 32.6 Å². The Kier molecular flexibility index (Phi) is 8.10. The number of hydrogen-bond donors (Lipinski definition) is 0. The number of carbonyl (C=O) groups is 1. The van der Waals surface area contributed by atoms with Gasteiger partial charge in [-0.2, -0.15) is 0 Å². The van der Waals surface area contributed by atoms with E-state index in [4.69, 9.17) is 9.47 Å². The molecule has 0 fully saturated rings. The first-order valence-electron chi connectivity index (χ1n) is 10.4. The van der Waals surface area contributed by atoms with Crippen molar-refractivity contribution < 1.29 is 23.0 Å². The summed E-state index contributed by atoms with van der Waals surface area (Å²) in [4.78, 5) is 15.8. The summed E-state index contributed by atoms with van der Waals surface area (Å²) in [6.45, 7) is 2.59. The Morgan fingerprint density at radius 3 is 2.45 bits per heavy atom. The average molecular weight is 425 g/mol. The number of esters is 1. The van der Waals surface area contributed by atoms with Crippen molar-refractivity contribution in [2.75, 3.05) is 13.2 Å². The molecule has 0 radical (unpaired) electrons. The van der Waals surface area contributed by atoms with Crippen LogP contribution >= 0.6 is 0 Å². The first kappa shape index (κ1) is 22.4. The van der Waals surface area contributed by atoms with Gasteiger partial charge in [0.25, 0.3) is 0 Å². The van der Waals surface area contributed by atoms with Crippen LogP contribution in [0.2, 0.25) is 0 Å². The van der Waals surface area contributed by atoms with E-state index < -0.39 is 0 Å². The van der Waals surface area contributed by atoms with Crippen LogP contribution in [0.3, 0.4) is 0 Å².